The van der Waals surface area contributed by atoms with Crippen LogP contribution in [-0.4, -0.2) is 60.2 Å². The van der Waals surface area contributed by atoms with Crippen LogP contribution in [0.3, 0.4) is 0 Å². The van der Waals surface area contributed by atoms with Gasteiger partial charge in [0.2, 0.25) is 5.95 Å². The molecule has 1 aromatic rings. The summed E-state index contributed by atoms with van der Waals surface area (Å²) in [5.41, 5.74) is -0.363. The smallest absolute Gasteiger partial charge is 0.322 e. The molecule has 1 aromatic heterocycles. The maximum Gasteiger partial charge on any atom is 0.322 e. The lowest BCUT2D eigenvalue weighted by atomic mass is 10.1. The molecule has 0 radical (unpaired) electrons. The largest absolute Gasteiger partial charge is 0.333 e. The third kappa shape index (κ3) is 5.82. The maximum atomic E-state index is 11.9. The Labute approximate surface area is 136 Å². The Morgan fingerprint density at radius 2 is 1.83 bits per heavy atom. The van der Waals surface area contributed by atoms with E-state index in [1.807, 2.05) is 20.8 Å². The van der Waals surface area contributed by atoms with E-state index >= 15 is 0 Å². The molecule has 0 saturated carbocycles. The van der Waals surface area contributed by atoms with Gasteiger partial charge in [-0.15, -0.1) is 0 Å². The van der Waals surface area contributed by atoms with Crippen LogP contribution in [0.4, 0.5) is 10.7 Å². The van der Waals surface area contributed by atoms with Gasteiger partial charge in [0.25, 0.3) is 5.91 Å². The highest BCUT2D eigenvalue weighted by Crippen LogP contribution is 2.03. The molecule has 0 unspecified atom stereocenters. The van der Waals surface area contributed by atoms with Crippen LogP contribution in [0, 0.1) is 0 Å². The zero-order valence-corrected chi connectivity index (χ0v) is 13.9. The molecule has 1 fully saturated rings. The molecule has 0 atom stereocenters. The van der Waals surface area contributed by atoms with Crippen molar-refractivity contribution in [2.75, 3.05) is 37.6 Å². The molecule has 126 valence electrons. The Morgan fingerprint density at radius 1 is 1.22 bits per heavy atom. The molecule has 8 heteroatoms. The summed E-state index contributed by atoms with van der Waals surface area (Å²) in [6, 6.07) is 1.34. The predicted molar refractivity (Wildman–Crippen MR) is 86.2 cm³/mol. The molecule has 0 bridgehead atoms. The van der Waals surface area contributed by atoms with Crippen molar-refractivity contribution in [3.63, 3.8) is 0 Å². The van der Waals surface area contributed by atoms with E-state index in [1.165, 1.54) is 0 Å². The zero-order valence-electron chi connectivity index (χ0n) is 13.9. The number of rotatable bonds is 3. The maximum absolute atomic E-state index is 11.9. The van der Waals surface area contributed by atoms with Crippen LogP contribution in [-0.2, 0) is 4.79 Å². The Kier molecular flexibility index (Phi) is 5.49. The topological polar surface area (TPSA) is 91.7 Å². The summed E-state index contributed by atoms with van der Waals surface area (Å²) in [5.74, 6) is 0.465. The molecular formula is C15H25N6O2+. The highest BCUT2D eigenvalue weighted by Gasteiger charge is 2.24. The first-order valence-electron chi connectivity index (χ1n) is 7.81. The molecular weight excluding hydrogens is 296 g/mol. The van der Waals surface area contributed by atoms with Crippen molar-refractivity contribution in [3.8, 4) is 0 Å². The standard InChI is InChI=1S/C15H24N6O2/c1-15(2,3)19-14(23)18-12(22)11-20-7-9-21(10-8-20)13-16-5-4-6-17-13/h4-6H,7-11H2,1-3H3,(H2,18,19,22,23)/p+1. The Bertz CT molecular complexity index is 535. The van der Waals surface area contributed by atoms with E-state index in [1.54, 1.807) is 18.5 Å². The van der Waals surface area contributed by atoms with Crippen LogP contribution in [0.25, 0.3) is 0 Å². The molecule has 1 saturated heterocycles. The van der Waals surface area contributed by atoms with E-state index in [-0.39, 0.29) is 11.4 Å². The SMILES string of the molecule is CC(C)(C)NC(=O)NC(=O)C[NH+]1CCN(c2ncccn2)CC1. The number of nitrogens with zero attached hydrogens (tertiary/aromatic N) is 3. The minimum Gasteiger partial charge on any atom is -0.333 e. The van der Waals surface area contributed by atoms with Crippen molar-refractivity contribution in [1.29, 1.82) is 0 Å². The van der Waals surface area contributed by atoms with Gasteiger partial charge in [0, 0.05) is 17.9 Å². The molecule has 3 N–H and O–H groups in total. The monoisotopic (exact) mass is 321 g/mol. The summed E-state index contributed by atoms with van der Waals surface area (Å²) in [4.78, 5) is 35.3. The molecule has 23 heavy (non-hydrogen) atoms. The average molecular weight is 321 g/mol. The van der Waals surface area contributed by atoms with E-state index in [4.69, 9.17) is 0 Å². The van der Waals surface area contributed by atoms with Crippen LogP contribution in [0.1, 0.15) is 20.8 Å². The molecule has 2 rings (SSSR count). The van der Waals surface area contributed by atoms with Crippen molar-refractivity contribution in [3.05, 3.63) is 18.5 Å². The third-order valence-electron chi connectivity index (χ3n) is 3.46. The number of quaternary nitrogens is 1. The average Bonchev–Trinajstić information content (AvgIpc) is 2.46. The quantitative estimate of drug-likeness (QED) is 0.651. The van der Waals surface area contributed by atoms with Gasteiger partial charge in [0.05, 0.1) is 26.2 Å². The number of carbonyl (C=O) groups is 2. The van der Waals surface area contributed by atoms with Crippen molar-refractivity contribution >= 4 is 17.9 Å². The predicted octanol–water partition coefficient (Wildman–Crippen LogP) is -1.19. The van der Waals surface area contributed by atoms with Gasteiger partial charge in [-0.05, 0) is 26.8 Å². The second-order valence-electron chi connectivity index (χ2n) is 6.71. The van der Waals surface area contributed by atoms with Gasteiger partial charge in [0.1, 0.15) is 0 Å². The summed E-state index contributed by atoms with van der Waals surface area (Å²) in [5, 5.41) is 5.09. The van der Waals surface area contributed by atoms with Gasteiger partial charge in [-0.1, -0.05) is 0 Å². The summed E-state index contributed by atoms with van der Waals surface area (Å²) in [6.07, 6.45) is 3.45. The highest BCUT2D eigenvalue weighted by atomic mass is 16.2. The van der Waals surface area contributed by atoms with Crippen LogP contribution in [0.15, 0.2) is 18.5 Å². The summed E-state index contributed by atoms with van der Waals surface area (Å²) >= 11 is 0. The van der Waals surface area contributed by atoms with Crippen molar-refractivity contribution in [2.24, 2.45) is 0 Å². The number of imide groups is 1. The molecule has 1 aliphatic rings. The van der Waals surface area contributed by atoms with Crippen molar-refractivity contribution in [1.82, 2.24) is 20.6 Å². The van der Waals surface area contributed by atoms with Crippen molar-refractivity contribution in [2.45, 2.75) is 26.3 Å². The van der Waals surface area contributed by atoms with Gasteiger partial charge in [0.15, 0.2) is 6.54 Å². The van der Waals surface area contributed by atoms with E-state index < -0.39 is 6.03 Å². The van der Waals surface area contributed by atoms with Crippen LogP contribution in [0.2, 0.25) is 0 Å². The minimum absolute atomic E-state index is 0.258. The number of urea groups is 1. The van der Waals surface area contributed by atoms with E-state index in [9.17, 15) is 9.59 Å². The molecule has 3 amide bonds. The van der Waals surface area contributed by atoms with Gasteiger partial charge in [-0.2, -0.15) is 0 Å². The number of hydrogen-bond donors (Lipinski definition) is 3. The fraction of sp³-hybridized carbons (Fsp3) is 0.600. The molecule has 8 nitrogen and oxygen atoms in total. The third-order valence-corrected chi connectivity index (χ3v) is 3.46. The fourth-order valence-corrected chi connectivity index (χ4v) is 2.42. The zero-order chi connectivity index (χ0) is 16.9. The van der Waals surface area contributed by atoms with Crippen LogP contribution in [0.5, 0.6) is 0 Å². The normalized spacial score (nSPS) is 16.0. The van der Waals surface area contributed by atoms with Crippen LogP contribution < -0.4 is 20.4 Å². The summed E-state index contributed by atoms with van der Waals surface area (Å²) < 4.78 is 0. The van der Waals surface area contributed by atoms with E-state index in [0.29, 0.717) is 6.54 Å². The Morgan fingerprint density at radius 3 is 2.39 bits per heavy atom. The number of piperazine rings is 1. The number of aromatic nitrogens is 2. The van der Waals surface area contributed by atoms with Crippen LogP contribution >= 0.6 is 0 Å². The van der Waals surface area contributed by atoms with Gasteiger partial charge in [-0.3, -0.25) is 10.1 Å². The number of carbonyl (C=O) groups excluding carboxylic acids is 2. The first kappa shape index (κ1) is 17.1. The van der Waals surface area contributed by atoms with E-state index in [0.717, 1.165) is 37.0 Å². The second kappa shape index (κ2) is 7.36. The Hall–Kier alpha value is -2.22. The lowest BCUT2D eigenvalue weighted by Crippen LogP contribution is -3.16. The Balaban J connectivity index is 1.74. The van der Waals surface area contributed by atoms with Gasteiger partial charge >= 0.3 is 6.03 Å². The number of anilines is 1. The van der Waals surface area contributed by atoms with Gasteiger partial charge < -0.3 is 15.1 Å². The molecule has 0 spiro atoms. The lowest BCUT2D eigenvalue weighted by Gasteiger charge is -2.31. The summed E-state index contributed by atoms with van der Waals surface area (Å²) in [7, 11) is 0. The molecule has 2 heterocycles. The molecule has 1 aliphatic heterocycles. The lowest BCUT2D eigenvalue weighted by molar-refractivity contribution is -0.892. The van der Waals surface area contributed by atoms with Crippen molar-refractivity contribution < 1.29 is 14.5 Å². The first-order valence-corrected chi connectivity index (χ1v) is 7.81. The number of nitrogens with one attached hydrogen (secondary N) is 3. The first-order chi connectivity index (χ1) is 10.8. The van der Waals surface area contributed by atoms with E-state index in [2.05, 4.69) is 25.5 Å². The second-order valence-corrected chi connectivity index (χ2v) is 6.71. The molecule has 0 aromatic carbocycles. The highest BCUT2D eigenvalue weighted by molar-refractivity contribution is 5.94. The minimum atomic E-state index is -0.446. The van der Waals surface area contributed by atoms with Gasteiger partial charge in [-0.25, -0.2) is 14.8 Å². The summed E-state index contributed by atoms with van der Waals surface area (Å²) in [6.45, 7) is 9.11. The molecule has 0 aliphatic carbocycles. The number of amides is 3. The number of hydrogen-bond acceptors (Lipinski definition) is 5. The fourth-order valence-electron chi connectivity index (χ4n) is 2.42.